The summed E-state index contributed by atoms with van der Waals surface area (Å²) >= 11 is 0. The largest absolute Gasteiger partial charge is 1.00 e. The van der Waals surface area contributed by atoms with Crippen LogP contribution in [0.3, 0.4) is 0 Å². The number of halogens is 1. The van der Waals surface area contributed by atoms with E-state index in [9.17, 15) is 0 Å². The molecule has 0 amide bonds. The van der Waals surface area contributed by atoms with Gasteiger partial charge in [0.15, 0.2) is 0 Å². The van der Waals surface area contributed by atoms with E-state index in [0.29, 0.717) is 0 Å². The second-order valence-electron chi connectivity index (χ2n) is 0.519. The Hall–Kier alpha value is -0.240. The van der Waals surface area contributed by atoms with Crippen LogP contribution in [0.15, 0.2) is 0 Å². The van der Waals surface area contributed by atoms with Gasteiger partial charge in [0.1, 0.15) is 0 Å². The molecular weight excluding hydrogens is 91.5 g/mol. The number of rotatable bonds is 0. The average molecular weight is 97.5 g/mol. The molecular formula is C2H6ClO2+. The Balaban J connectivity index is -0.0000000450. The molecule has 3 heteroatoms. The number of carboxylic acids is 1. The van der Waals surface area contributed by atoms with Crippen molar-refractivity contribution in [2.75, 3.05) is 0 Å². The van der Waals surface area contributed by atoms with Crippen LogP contribution in [-0.2, 0) is 4.79 Å². The number of carbonyl (C=O) groups is 1. The fourth-order valence-corrected chi connectivity index (χ4v) is 0. The van der Waals surface area contributed by atoms with Crippen LogP contribution in [0.1, 0.15) is 8.35 Å². The fourth-order valence-electron chi connectivity index (χ4n) is 0. The van der Waals surface area contributed by atoms with E-state index in [-0.39, 0.29) is 13.8 Å². The Labute approximate surface area is 37.7 Å². The number of aliphatic carboxylic acids is 1. The molecule has 1 N–H and O–H groups in total. The standard InChI is InChI=1S/C2H4O2.ClH/c1-2(3)4;/h1H3,(H,3,4);1H/p+1. The monoisotopic (exact) mass is 97.0 g/mol. The van der Waals surface area contributed by atoms with Gasteiger partial charge in [0, 0.05) is 6.92 Å². The highest BCUT2D eigenvalue weighted by Crippen LogP contribution is 1.42. The Bertz CT molecular complexity index is 34.5. The number of hydrogen-bond acceptors (Lipinski definition) is 1. The van der Waals surface area contributed by atoms with Crippen LogP contribution in [0.2, 0.25) is 0 Å². The molecule has 0 aliphatic heterocycles. The molecule has 0 saturated heterocycles. The molecule has 0 heterocycles. The SMILES string of the molecule is CC(=O)O.Cl.[H+]. The maximum Gasteiger partial charge on any atom is 1.00 e. The van der Waals surface area contributed by atoms with Gasteiger partial charge in [0.05, 0.1) is 0 Å². The molecule has 0 unspecified atom stereocenters. The number of carboxylic acid groups (broad SMARTS) is 1. The van der Waals surface area contributed by atoms with Gasteiger partial charge in [-0.15, -0.1) is 12.4 Å². The van der Waals surface area contributed by atoms with Gasteiger partial charge in [-0.1, -0.05) is 0 Å². The van der Waals surface area contributed by atoms with E-state index in [2.05, 4.69) is 0 Å². The topological polar surface area (TPSA) is 37.3 Å². The lowest BCUT2D eigenvalue weighted by Gasteiger charge is -1.59. The van der Waals surface area contributed by atoms with Gasteiger partial charge in [0.25, 0.3) is 5.97 Å². The van der Waals surface area contributed by atoms with Gasteiger partial charge in [-0.3, -0.25) is 4.79 Å². The quantitative estimate of drug-likeness (QED) is 0.481. The minimum atomic E-state index is -0.833. The predicted molar refractivity (Wildman–Crippen MR) is 21.7 cm³/mol. The van der Waals surface area contributed by atoms with Crippen molar-refractivity contribution in [3.05, 3.63) is 0 Å². The van der Waals surface area contributed by atoms with Gasteiger partial charge >= 0.3 is 1.43 Å². The van der Waals surface area contributed by atoms with E-state index < -0.39 is 5.97 Å². The molecule has 2 nitrogen and oxygen atoms in total. The lowest BCUT2D eigenvalue weighted by atomic mass is 10.9. The van der Waals surface area contributed by atoms with E-state index >= 15 is 0 Å². The molecule has 0 aliphatic carbocycles. The van der Waals surface area contributed by atoms with Crippen LogP contribution in [0, 0.1) is 0 Å². The minimum absolute atomic E-state index is 0. The molecule has 0 bridgehead atoms. The Kier molecular flexibility index (Phi) is 6.64. The highest BCUT2D eigenvalue weighted by molar-refractivity contribution is 5.85. The van der Waals surface area contributed by atoms with Crippen molar-refractivity contribution in [1.29, 1.82) is 0 Å². The van der Waals surface area contributed by atoms with Crippen molar-refractivity contribution in [2.24, 2.45) is 0 Å². The summed E-state index contributed by atoms with van der Waals surface area (Å²) in [5, 5.41) is 7.42. The first-order chi connectivity index (χ1) is 1.73. The molecule has 0 aliphatic rings. The van der Waals surface area contributed by atoms with Gasteiger partial charge in [-0.05, 0) is 0 Å². The second kappa shape index (κ2) is 3.76. The lowest BCUT2D eigenvalue weighted by molar-refractivity contribution is -0.134. The molecule has 0 atom stereocenters. The van der Waals surface area contributed by atoms with Crippen LogP contribution in [0.4, 0.5) is 0 Å². The summed E-state index contributed by atoms with van der Waals surface area (Å²) in [6, 6.07) is 0. The third-order valence-electron chi connectivity index (χ3n) is 0. The second-order valence-corrected chi connectivity index (χ2v) is 0.519. The Morgan fingerprint density at radius 2 is 2.00 bits per heavy atom. The summed E-state index contributed by atoms with van der Waals surface area (Å²) in [5.74, 6) is -0.833. The highest BCUT2D eigenvalue weighted by atomic mass is 35.5. The number of hydrogen-bond donors (Lipinski definition) is 1. The maximum atomic E-state index is 9.00. The van der Waals surface area contributed by atoms with Crippen molar-refractivity contribution in [1.82, 2.24) is 0 Å². The van der Waals surface area contributed by atoms with Gasteiger partial charge in [-0.2, -0.15) is 0 Å². The van der Waals surface area contributed by atoms with Crippen LogP contribution in [0.25, 0.3) is 0 Å². The summed E-state index contributed by atoms with van der Waals surface area (Å²) in [7, 11) is 0. The molecule has 0 radical (unpaired) electrons. The molecule has 32 valence electrons. The maximum absolute atomic E-state index is 9.00. The van der Waals surface area contributed by atoms with E-state index in [0.717, 1.165) is 6.92 Å². The van der Waals surface area contributed by atoms with Crippen LogP contribution in [-0.4, -0.2) is 11.1 Å². The van der Waals surface area contributed by atoms with Crippen molar-refractivity contribution in [2.45, 2.75) is 6.92 Å². The van der Waals surface area contributed by atoms with Crippen molar-refractivity contribution in [3.8, 4) is 0 Å². The molecule has 0 fully saturated rings. The molecule has 0 aromatic heterocycles. The highest BCUT2D eigenvalue weighted by Gasteiger charge is 1.65. The van der Waals surface area contributed by atoms with Crippen LogP contribution in [0.5, 0.6) is 0 Å². The predicted octanol–water partition coefficient (Wildman–Crippen LogP) is 0.625. The smallest absolute Gasteiger partial charge is 0.481 e. The Morgan fingerprint density at radius 1 is 2.00 bits per heavy atom. The summed E-state index contributed by atoms with van der Waals surface area (Å²) < 4.78 is 0. The Morgan fingerprint density at radius 3 is 2.00 bits per heavy atom. The van der Waals surface area contributed by atoms with Crippen LogP contribution < -0.4 is 0 Å². The fraction of sp³-hybridized carbons (Fsp3) is 0.500. The van der Waals surface area contributed by atoms with E-state index in [4.69, 9.17) is 9.90 Å². The van der Waals surface area contributed by atoms with E-state index in [1.165, 1.54) is 0 Å². The van der Waals surface area contributed by atoms with Gasteiger partial charge in [-0.25, -0.2) is 0 Å². The lowest BCUT2D eigenvalue weighted by Crippen LogP contribution is -1.78. The van der Waals surface area contributed by atoms with Crippen LogP contribution >= 0.6 is 12.4 Å². The summed E-state index contributed by atoms with van der Waals surface area (Å²) in [5.41, 5.74) is 0. The van der Waals surface area contributed by atoms with Gasteiger partial charge in [0.2, 0.25) is 0 Å². The summed E-state index contributed by atoms with van der Waals surface area (Å²) in [4.78, 5) is 9.00. The molecule has 0 rings (SSSR count). The zero-order chi connectivity index (χ0) is 3.58. The van der Waals surface area contributed by atoms with Crippen molar-refractivity contribution >= 4 is 18.4 Å². The summed E-state index contributed by atoms with van der Waals surface area (Å²) in [6.45, 7) is 1.08. The molecule has 0 aromatic carbocycles. The molecule has 0 aromatic rings. The third-order valence-corrected chi connectivity index (χ3v) is 0. The van der Waals surface area contributed by atoms with E-state index in [1.807, 2.05) is 0 Å². The first kappa shape index (κ1) is 8.83. The molecule has 0 saturated carbocycles. The van der Waals surface area contributed by atoms with E-state index in [1.54, 1.807) is 0 Å². The molecule has 5 heavy (non-hydrogen) atoms. The zero-order valence-electron chi connectivity index (χ0n) is 3.76. The first-order valence-corrected chi connectivity index (χ1v) is 0.928. The zero-order valence-corrected chi connectivity index (χ0v) is 3.58. The first-order valence-electron chi connectivity index (χ1n) is 0.928. The van der Waals surface area contributed by atoms with Crippen molar-refractivity contribution in [3.63, 3.8) is 0 Å². The average Bonchev–Trinajstić information content (AvgIpc) is 0.811. The minimum Gasteiger partial charge on any atom is -0.481 e. The normalized spacial score (nSPS) is 5.00. The molecule has 0 spiro atoms. The summed E-state index contributed by atoms with van der Waals surface area (Å²) in [6.07, 6.45) is 0. The van der Waals surface area contributed by atoms with Gasteiger partial charge < -0.3 is 5.11 Å². The van der Waals surface area contributed by atoms with Crippen molar-refractivity contribution < 1.29 is 11.3 Å². The third kappa shape index (κ3) is 202.